The van der Waals surface area contributed by atoms with Crippen molar-refractivity contribution in [1.82, 2.24) is 5.32 Å². The van der Waals surface area contributed by atoms with Gasteiger partial charge in [0.2, 0.25) is 5.91 Å². The summed E-state index contributed by atoms with van der Waals surface area (Å²) in [6.45, 7) is 3.43. The molecule has 17 heavy (non-hydrogen) atoms. The zero-order chi connectivity index (χ0) is 12.9. The third-order valence-electron chi connectivity index (χ3n) is 2.30. The fraction of sp³-hybridized carbons (Fsp3) is 0.462. The van der Waals surface area contributed by atoms with E-state index >= 15 is 0 Å². The minimum absolute atomic E-state index is 0.185. The Balaban J connectivity index is 2.36. The van der Waals surface area contributed by atoms with E-state index in [1.807, 2.05) is 0 Å². The number of hydrogen-bond acceptors (Lipinski definition) is 2. The smallest absolute Gasteiger partial charge is 0.220 e. The second-order valence-electron chi connectivity index (χ2n) is 4.68. The van der Waals surface area contributed by atoms with Crippen molar-refractivity contribution < 1.29 is 14.3 Å². The van der Waals surface area contributed by atoms with Crippen LogP contribution in [0.2, 0.25) is 0 Å². The highest BCUT2D eigenvalue weighted by Gasteiger charge is 2.13. The lowest BCUT2D eigenvalue weighted by molar-refractivity contribution is -0.122. The molecular formula is C13H18FNO2. The van der Waals surface area contributed by atoms with Crippen LogP contribution in [0.25, 0.3) is 0 Å². The van der Waals surface area contributed by atoms with Crippen molar-refractivity contribution in [3.63, 3.8) is 0 Å². The van der Waals surface area contributed by atoms with Crippen molar-refractivity contribution in [2.24, 2.45) is 0 Å². The Bertz CT molecular complexity index is 385. The van der Waals surface area contributed by atoms with E-state index < -0.39 is 5.60 Å². The van der Waals surface area contributed by atoms with Crippen molar-refractivity contribution >= 4 is 5.91 Å². The lowest BCUT2D eigenvalue weighted by Crippen LogP contribution is -2.38. The van der Waals surface area contributed by atoms with Gasteiger partial charge in [-0.2, -0.15) is 0 Å². The van der Waals surface area contributed by atoms with E-state index in [9.17, 15) is 14.3 Å². The number of aliphatic hydroxyl groups is 1. The van der Waals surface area contributed by atoms with Crippen LogP contribution < -0.4 is 5.32 Å². The predicted octanol–water partition coefficient (Wildman–Crippen LogP) is 1.65. The van der Waals surface area contributed by atoms with E-state index in [0.717, 1.165) is 0 Å². The second kappa shape index (κ2) is 5.77. The molecule has 0 unspecified atom stereocenters. The first-order valence-corrected chi connectivity index (χ1v) is 5.61. The molecule has 0 aliphatic carbocycles. The first-order valence-electron chi connectivity index (χ1n) is 5.61. The molecule has 94 valence electrons. The van der Waals surface area contributed by atoms with Crippen LogP contribution in [-0.4, -0.2) is 23.2 Å². The van der Waals surface area contributed by atoms with E-state index in [1.54, 1.807) is 32.0 Å². The third kappa shape index (κ3) is 5.45. The SMILES string of the molecule is CC(C)(O)CNC(=O)CCc1ccccc1F. The largest absolute Gasteiger partial charge is 0.389 e. The summed E-state index contributed by atoms with van der Waals surface area (Å²) in [5.74, 6) is -0.474. The zero-order valence-corrected chi connectivity index (χ0v) is 10.2. The first-order chi connectivity index (χ1) is 7.88. The van der Waals surface area contributed by atoms with Gasteiger partial charge >= 0.3 is 0 Å². The van der Waals surface area contributed by atoms with Gasteiger partial charge < -0.3 is 10.4 Å². The number of benzene rings is 1. The Hall–Kier alpha value is -1.42. The highest BCUT2D eigenvalue weighted by molar-refractivity contribution is 5.76. The molecular weight excluding hydrogens is 221 g/mol. The zero-order valence-electron chi connectivity index (χ0n) is 10.2. The summed E-state index contributed by atoms with van der Waals surface area (Å²) in [6.07, 6.45) is 0.585. The van der Waals surface area contributed by atoms with Crippen molar-refractivity contribution in [3.05, 3.63) is 35.6 Å². The average Bonchev–Trinajstić information content (AvgIpc) is 2.24. The molecule has 0 atom stereocenters. The molecule has 0 saturated heterocycles. The van der Waals surface area contributed by atoms with Crippen molar-refractivity contribution in [1.29, 1.82) is 0 Å². The number of amides is 1. The van der Waals surface area contributed by atoms with E-state index in [1.165, 1.54) is 6.07 Å². The molecule has 1 aromatic carbocycles. The number of halogens is 1. The molecule has 1 aromatic rings. The van der Waals surface area contributed by atoms with Gasteiger partial charge in [-0.25, -0.2) is 4.39 Å². The molecule has 0 radical (unpaired) electrons. The average molecular weight is 239 g/mol. The summed E-state index contributed by atoms with van der Waals surface area (Å²) in [5, 5.41) is 12.0. The number of nitrogens with one attached hydrogen (secondary N) is 1. The molecule has 0 heterocycles. The number of hydrogen-bond donors (Lipinski definition) is 2. The van der Waals surface area contributed by atoms with Gasteiger partial charge in [0, 0.05) is 13.0 Å². The summed E-state index contributed by atoms with van der Waals surface area (Å²) >= 11 is 0. The van der Waals surface area contributed by atoms with Crippen molar-refractivity contribution in [2.75, 3.05) is 6.54 Å². The lowest BCUT2D eigenvalue weighted by Gasteiger charge is -2.17. The Morgan fingerprint density at radius 3 is 2.65 bits per heavy atom. The second-order valence-corrected chi connectivity index (χ2v) is 4.68. The quantitative estimate of drug-likeness (QED) is 0.820. The number of carbonyl (C=O) groups excluding carboxylic acids is 1. The Morgan fingerprint density at radius 1 is 1.41 bits per heavy atom. The van der Waals surface area contributed by atoms with E-state index in [4.69, 9.17) is 0 Å². The molecule has 1 amide bonds. The third-order valence-corrected chi connectivity index (χ3v) is 2.30. The van der Waals surface area contributed by atoms with Gasteiger partial charge in [0.1, 0.15) is 5.82 Å². The van der Waals surface area contributed by atoms with Gasteiger partial charge in [-0.05, 0) is 31.9 Å². The van der Waals surface area contributed by atoms with Crippen LogP contribution >= 0.6 is 0 Å². The highest BCUT2D eigenvalue weighted by atomic mass is 19.1. The molecule has 0 aliphatic rings. The standard InChI is InChI=1S/C13H18FNO2/c1-13(2,17)9-15-12(16)8-7-10-5-3-4-6-11(10)14/h3-6,17H,7-9H2,1-2H3,(H,15,16). The monoisotopic (exact) mass is 239 g/mol. The van der Waals surface area contributed by atoms with Gasteiger partial charge in [-0.15, -0.1) is 0 Å². The summed E-state index contributed by atoms with van der Waals surface area (Å²) in [6, 6.07) is 6.41. The van der Waals surface area contributed by atoms with Crippen molar-refractivity contribution in [2.45, 2.75) is 32.3 Å². The van der Waals surface area contributed by atoms with Crippen LogP contribution in [0.1, 0.15) is 25.8 Å². The Morgan fingerprint density at radius 2 is 2.06 bits per heavy atom. The minimum Gasteiger partial charge on any atom is -0.389 e. The predicted molar refractivity (Wildman–Crippen MR) is 64.0 cm³/mol. The summed E-state index contributed by atoms with van der Waals surface area (Å²) in [4.78, 5) is 11.4. The van der Waals surface area contributed by atoms with Crippen LogP contribution in [0.3, 0.4) is 0 Å². The Labute approximate surface area is 101 Å². The topological polar surface area (TPSA) is 49.3 Å². The molecule has 0 fully saturated rings. The van der Waals surface area contributed by atoms with E-state index in [2.05, 4.69) is 5.32 Å². The van der Waals surface area contributed by atoms with Gasteiger partial charge in [0.05, 0.1) is 5.60 Å². The first kappa shape index (κ1) is 13.6. The fourth-order valence-electron chi connectivity index (χ4n) is 1.35. The van der Waals surface area contributed by atoms with Crippen molar-refractivity contribution in [3.8, 4) is 0 Å². The molecule has 0 aromatic heterocycles. The summed E-state index contributed by atoms with van der Waals surface area (Å²) < 4.78 is 13.2. The molecule has 4 heteroatoms. The van der Waals surface area contributed by atoms with Crippen LogP contribution in [0.4, 0.5) is 4.39 Å². The van der Waals surface area contributed by atoms with E-state index in [-0.39, 0.29) is 24.7 Å². The molecule has 1 rings (SSSR count). The maximum atomic E-state index is 13.2. The van der Waals surface area contributed by atoms with Gasteiger partial charge in [0.25, 0.3) is 0 Å². The highest BCUT2D eigenvalue weighted by Crippen LogP contribution is 2.08. The maximum absolute atomic E-state index is 13.2. The Kier molecular flexibility index (Phi) is 4.63. The van der Waals surface area contributed by atoms with E-state index in [0.29, 0.717) is 12.0 Å². The minimum atomic E-state index is -0.923. The summed E-state index contributed by atoms with van der Waals surface area (Å²) in [7, 11) is 0. The number of aryl methyl sites for hydroxylation is 1. The molecule has 0 spiro atoms. The van der Waals surface area contributed by atoms with Crippen LogP contribution in [0.5, 0.6) is 0 Å². The summed E-state index contributed by atoms with van der Waals surface area (Å²) in [5.41, 5.74) is -0.390. The molecule has 0 saturated carbocycles. The van der Waals surface area contributed by atoms with Gasteiger partial charge in [0.15, 0.2) is 0 Å². The number of carbonyl (C=O) groups is 1. The van der Waals surface area contributed by atoms with Crippen LogP contribution in [-0.2, 0) is 11.2 Å². The molecule has 0 bridgehead atoms. The van der Waals surface area contributed by atoms with Crippen LogP contribution in [0.15, 0.2) is 24.3 Å². The normalized spacial score (nSPS) is 11.3. The lowest BCUT2D eigenvalue weighted by atomic mass is 10.1. The van der Waals surface area contributed by atoms with Gasteiger partial charge in [-0.1, -0.05) is 18.2 Å². The fourth-order valence-corrected chi connectivity index (χ4v) is 1.35. The number of rotatable bonds is 5. The van der Waals surface area contributed by atoms with Crippen LogP contribution in [0, 0.1) is 5.82 Å². The molecule has 0 aliphatic heterocycles. The van der Waals surface area contributed by atoms with Gasteiger partial charge in [-0.3, -0.25) is 4.79 Å². The molecule has 2 N–H and O–H groups in total. The molecule has 3 nitrogen and oxygen atoms in total. The maximum Gasteiger partial charge on any atom is 0.220 e.